The summed E-state index contributed by atoms with van der Waals surface area (Å²) in [5.74, 6) is -2.51. The van der Waals surface area contributed by atoms with Crippen LogP contribution in [-0.4, -0.2) is 89.4 Å². The summed E-state index contributed by atoms with van der Waals surface area (Å²) >= 11 is 0. The molecule has 23 nitrogen and oxygen atoms in total. The molecule has 3 aromatic heterocycles. The van der Waals surface area contributed by atoms with E-state index in [0.29, 0.717) is 33.5 Å². The molecule has 3 heterocycles. The number of fused-ring (bicyclic) bond motifs is 3. The van der Waals surface area contributed by atoms with E-state index in [4.69, 9.17) is 0 Å². The number of aromatic nitrogens is 3. The van der Waals surface area contributed by atoms with Crippen LogP contribution in [0.2, 0.25) is 0 Å². The molecule has 0 saturated heterocycles. The number of sulfonamides is 3. The third-order valence-electron chi connectivity index (χ3n) is 12.7. The summed E-state index contributed by atoms with van der Waals surface area (Å²) in [7, 11) is -10.0. The largest absolute Gasteiger partial charge is 0.452 e. The predicted octanol–water partition coefficient (Wildman–Crippen LogP) is 11.2. The minimum absolute atomic E-state index is 0. The SMILES string of the molecule is COC(=O)NS(=O)(=O)c1ccc(NC(=O)Cn2ccc3cc(C)ccc32)cc1.COC(=O)NS(=O)(=O)c1ccc(NC(=O)c2cc3c(F)cccc3[nH]2)cc1.C[C@H](C(=O)Nc1ccc(S(=O)(=O)NC(=O)CC(C)(C)C)cc1)n1ccc2c(F)cccc21.[HH].[HH].[HH].[HH].[HH].[HH].[HH]. The number of nitrogens with zero attached hydrogens (tertiary/aromatic N) is 2. The van der Waals surface area contributed by atoms with Crippen molar-refractivity contribution in [3.63, 3.8) is 0 Å². The monoisotopic (exact) mass is 1270 g/mol. The van der Waals surface area contributed by atoms with Crippen molar-refractivity contribution >= 4 is 116 Å². The second-order valence-corrected chi connectivity index (χ2v) is 25.5. The predicted molar refractivity (Wildman–Crippen MR) is 336 cm³/mol. The molecule has 7 N–H and O–H groups in total. The van der Waals surface area contributed by atoms with Crippen LogP contribution in [0.3, 0.4) is 0 Å². The molecule has 9 aromatic rings. The fraction of sp³-hybridized carbons (Fsp3) is 0.186. The summed E-state index contributed by atoms with van der Waals surface area (Å²) in [5, 5.41) is 9.79. The van der Waals surface area contributed by atoms with Crippen LogP contribution in [0.5, 0.6) is 0 Å². The standard InChI is InChI=1S/C23H26FN3O4S.C19H19N3O5S.C17H14FN3O5S.7H2/c1-15(27-13-12-18-19(24)6-5-7-20(18)27)22(29)25-16-8-10-17(11-9-16)32(30,31)26-21(28)14-23(2,3)4;1-13-3-8-17-14(11-13)9-10-22(17)12-18(23)20-15-4-6-16(7-5-15)28(25,26)21-19(24)27-2;1-26-17(23)21-27(24,25)11-7-5-10(6-8-11)19-16(22)15-9-12-13(18)3-2-4-14(12)20-15;;;;;;;/h5-13,15H,14H2,1-4H3,(H,25,29)(H,26,28);3-11H,12H2,1-2H3,(H,20,23)(H,21,24);2-9,20H,1H3,(H,19,22)(H,21,23);7*1H/t15-;;;;;;;;;/m1........./s1. The zero-order chi connectivity index (χ0) is 63.6. The Morgan fingerprint density at radius 1 is 0.575 bits per heavy atom. The molecule has 1 atom stereocenters. The Labute approximate surface area is 509 Å². The summed E-state index contributed by atoms with van der Waals surface area (Å²) in [6, 6.07) is 35.6. The summed E-state index contributed by atoms with van der Waals surface area (Å²) in [6.07, 6.45) is 1.37. The van der Waals surface area contributed by atoms with Gasteiger partial charge in [-0.1, -0.05) is 44.5 Å². The quantitative estimate of drug-likeness (QED) is 0.0502. The molecule has 0 bridgehead atoms. The lowest BCUT2D eigenvalue weighted by atomic mass is 9.92. The second kappa shape index (κ2) is 27.0. The van der Waals surface area contributed by atoms with E-state index in [9.17, 15) is 62.8 Å². The number of H-pyrrole nitrogens is 1. The van der Waals surface area contributed by atoms with E-state index in [2.05, 4.69) is 35.1 Å². The highest BCUT2D eigenvalue weighted by atomic mass is 32.2. The average molecular weight is 1270 g/mol. The van der Waals surface area contributed by atoms with E-state index in [1.54, 1.807) is 51.4 Å². The van der Waals surface area contributed by atoms with Gasteiger partial charge in [0.05, 0.1) is 34.4 Å². The van der Waals surface area contributed by atoms with Crippen LogP contribution in [0.25, 0.3) is 32.7 Å². The van der Waals surface area contributed by atoms with Crippen LogP contribution in [0.1, 0.15) is 66.2 Å². The zero-order valence-electron chi connectivity index (χ0n) is 47.6. The molecule has 0 aliphatic carbocycles. The first-order valence-electron chi connectivity index (χ1n) is 26.0. The van der Waals surface area contributed by atoms with Gasteiger partial charge in [0.2, 0.25) is 17.7 Å². The van der Waals surface area contributed by atoms with E-state index < -0.39 is 65.9 Å². The second-order valence-electron chi connectivity index (χ2n) is 20.5. The first kappa shape index (κ1) is 64.6. The number of ether oxygens (including phenoxy) is 2. The molecule has 0 unspecified atom stereocenters. The Kier molecular flexibility index (Phi) is 20.0. The molecule has 0 saturated carbocycles. The summed E-state index contributed by atoms with van der Waals surface area (Å²) in [5.41, 5.74) is 4.13. The van der Waals surface area contributed by atoms with Gasteiger partial charge in [-0.25, -0.2) is 57.8 Å². The summed E-state index contributed by atoms with van der Waals surface area (Å²) in [4.78, 5) is 73.9. The van der Waals surface area contributed by atoms with Crippen molar-refractivity contribution in [1.29, 1.82) is 0 Å². The molecule has 0 aliphatic heterocycles. The molecule has 28 heteroatoms. The topological polar surface area (TPSA) is 321 Å². The van der Waals surface area contributed by atoms with Gasteiger partial charge in [-0.05, 0) is 152 Å². The van der Waals surface area contributed by atoms with Crippen LogP contribution in [0, 0.1) is 24.0 Å². The average Bonchev–Trinajstić information content (AvgIpc) is 1.75. The van der Waals surface area contributed by atoms with Gasteiger partial charge in [0, 0.05) is 67.7 Å². The van der Waals surface area contributed by atoms with E-state index in [1.807, 2.05) is 62.7 Å². The lowest BCUT2D eigenvalue weighted by molar-refractivity contribution is -0.121. The fourth-order valence-corrected chi connectivity index (χ4v) is 11.2. The number of aryl methyl sites for hydroxylation is 1. The maximum absolute atomic E-state index is 13.9. The molecular weight excluding hydrogens is 1190 g/mol. The van der Waals surface area contributed by atoms with Gasteiger partial charge in [-0.15, -0.1) is 0 Å². The molecule has 0 fully saturated rings. The third-order valence-corrected chi connectivity index (χ3v) is 16.7. The normalized spacial score (nSPS) is 11.9. The number of carbonyl (C=O) groups excluding carboxylic acids is 6. The molecule has 470 valence electrons. The van der Waals surface area contributed by atoms with Crippen LogP contribution in [0.15, 0.2) is 173 Å². The number of anilines is 3. The first-order valence-corrected chi connectivity index (χ1v) is 30.5. The smallest absolute Gasteiger partial charge is 0.420 e. The van der Waals surface area contributed by atoms with Crippen molar-refractivity contribution in [2.24, 2.45) is 5.41 Å². The molecule has 6 amide bonds. The minimum Gasteiger partial charge on any atom is -0.452 e. The number of hydrogen-bond donors (Lipinski definition) is 7. The zero-order valence-corrected chi connectivity index (χ0v) is 50.0. The number of carbonyl (C=O) groups is 6. The van der Waals surface area contributed by atoms with Gasteiger partial charge in [0.25, 0.3) is 36.0 Å². The fourth-order valence-electron chi connectivity index (χ4n) is 8.41. The number of halogens is 2. The van der Waals surface area contributed by atoms with Crippen molar-refractivity contribution in [3.05, 3.63) is 181 Å². The minimum atomic E-state index is -4.08. The number of rotatable bonds is 15. The third kappa shape index (κ3) is 16.9. The Hall–Kier alpha value is -9.93. The molecular formula is C59H73F2N9O14S3. The van der Waals surface area contributed by atoms with Gasteiger partial charge in [-0.2, -0.15) is 0 Å². The van der Waals surface area contributed by atoms with E-state index >= 15 is 0 Å². The summed E-state index contributed by atoms with van der Waals surface area (Å²) < 4.78 is 118. The highest BCUT2D eigenvalue weighted by molar-refractivity contribution is 7.90. The number of methoxy groups -OCH3 is 2. The van der Waals surface area contributed by atoms with Gasteiger partial charge in [-0.3, -0.25) is 19.2 Å². The van der Waals surface area contributed by atoms with Gasteiger partial charge in [0.1, 0.15) is 29.9 Å². The molecule has 0 radical (unpaired) electrons. The molecule has 0 spiro atoms. The number of amides is 6. The lowest BCUT2D eigenvalue weighted by Gasteiger charge is -2.17. The van der Waals surface area contributed by atoms with Crippen molar-refractivity contribution in [3.8, 4) is 0 Å². The van der Waals surface area contributed by atoms with Gasteiger partial charge >= 0.3 is 12.2 Å². The maximum atomic E-state index is 13.9. The number of nitrogens with one attached hydrogen (secondary N) is 7. The van der Waals surface area contributed by atoms with Crippen molar-refractivity contribution < 1.29 is 82.3 Å². The van der Waals surface area contributed by atoms with Crippen molar-refractivity contribution in [2.45, 2.75) is 68.3 Å². The Balaban J connectivity index is 0.00000134. The Morgan fingerprint density at radius 3 is 1.61 bits per heavy atom. The van der Waals surface area contributed by atoms with Crippen LogP contribution in [-0.2, 0) is 60.5 Å². The first-order chi connectivity index (χ1) is 40.9. The van der Waals surface area contributed by atoms with Gasteiger partial charge in [0.15, 0.2) is 0 Å². The van der Waals surface area contributed by atoms with Crippen molar-refractivity contribution in [1.82, 2.24) is 28.3 Å². The van der Waals surface area contributed by atoms with Crippen molar-refractivity contribution in [2.75, 3.05) is 30.2 Å². The van der Waals surface area contributed by atoms with E-state index in [0.717, 1.165) is 30.7 Å². The van der Waals surface area contributed by atoms with E-state index in [-0.39, 0.29) is 71.8 Å². The van der Waals surface area contributed by atoms with E-state index in [1.165, 1.54) is 97.1 Å². The number of aromatic amines is 1. The Morgan fingerprint density at radius 2 is 1.08 bits per heavy atom. The molecule has 87 heavy (non-hydrogen) atoms. The van der Waals surface area contributed by atoms with Crippen LogP contribution < -0.4 is 30.1 Å². The molecule has 9 rings (SSSR count). The van der Waals surface area contributed by atoms with Crippen LogP contribution in [0.4, 0.5) is 35.4 Å². The summed E-state index contributed by atoms with van der Waals surface area (Å²) in [6.45, 7) is 9.33. The lowest BCUT2D eigenvalue weighted by Crippen LogP contribution is -2.33. The number of benzene rings is 6. The van der Waals surface area contributed by atoms with Gasteiger partial charge < -0.3 is 39.5 Å². The Bertz CT molecular complexity index is 4450. The highest BCUT2D eigenvalue weighted by Gasteiger charge is 2.24. The number of hydrogen-bond acceptors (Lipinski definition) is 14. The van der Waals surface area contributed by atoms with Crippen LogP contribution >= 0.6 is 0 Å². The molecule has 6 aromatic carbocycles. The maximum Gasteiger partial charge on any atom is 0.420 e. The molecule has 0 aliphatic rings. The highest BCUT2D eigenvalue weighted by Crippen LogP contribution is 2.26.